The van der Waals surface area contributed by atoms with E-state index in [-0.39, 0.29) is 23.0 Å². The molecule has 0 spiro atoms. The summed E-state index contributed by atoms with van der Waals surface area (Å²) in [7, 11) is 0. The Balaban J connectivity index is 1.47. The summed E-state index contributed by atoms with van der Waals surface area (Å²) >= 11 is 5.59. The summed E-state index contributed by atoms with van der Waals surface area (Å²) < 4.78 is 52.3. The highest BCUT2D eigenvalue weighted by Crippen LogP contribution is 2.40. The number of benzene rings is 2. The molecule has 2 saturated heterocycles. The molecule has 4 rings (SSSR count). The van der Waals surface area contributed by atoms with Crippen LogP contribution in [0, 0.1) is 11.3 Å². The zero-order chi connectivity index (χ0) is 30.3. The largest absolute Gasteiger partial charge is 0.490 e. The number of carbonyl (C=O) groups excluding carboxylic acids is 2. The van der Waals surface area contributed by atoms with Gasteiger partial charge in [-0.05, 0) is 89.3 Å². The van der Waals surface area contributed by atoms with Crippen LogP contribution in [0.4, 0.5) is 29.3 Å². The number of nitrogens with zero attached hydrogens (tertiary/aromatic N) is 4. The topological polar surface area (TPSA) is 86.1 Å². The monoisotopic (exact) mass is 588 g/mol. The molecule has 0 N–H and O–H groups in total. The molecule has 41 heavy (non-hydrogen) atoms. The molecule has 2 fully saturated rings. The van der Waals surface area contributed by atoms with Gasteiger partial charge in [-0.2, -0.15) is 18.4 Å². The third kappa shape index (κ3) is 6.25. The second-order valence-corrected chi connectivity index (χ2v) is 11.8. The lowest BCUT2D eigenvalue weighted by Gasteiger charge is -2.33. The van der Waals surface area contributed by atoms with Crippen LogP contribution in [0.15, 0.2) is 42.5 Å². The van der Waals surface area contributed by atoms with Gasteiger partial charge >= 0.3 is 12.3 Å². The van der Waals surface area contributed by atoms with Crippen molar-refractivity contribution in [3.05, 3.63) is 53.6 Å². The molecule has 218 valence electrons. The smallest absolute Gasteiger partial charge is 0.417 e. The zero-order valence-corrected chi connectivity index (χ0v) is 24.2. The van der Waals surface area contributed by atoms with Crippen molar-refractivity contribution in [3.63, 3.8) is 0 Å². The molecule has 2 aliphatic heterocycles. The van der Waals surface area contributed by atoms with Crippen LogP contribution in [-0.4, -0.2) is 52.3 Å². The summed E-state index contributed by atoms with van der Waals surface area (Å²) in [6, 6.07) is 11.6. The number of halogens is 3. The van der Waals surface area contributed by atoms with E-state index in [1.807, 2.05) is 20.8 Å². The lowest BCUT2D eigenvalue weighted by molar-refractivity contribution is -0.137. The van der Waals surface area contributed by atoms with Gasteiger partial charge in [-0.15, -0.1) is 0 Å². The van der Waals surface area contributed by atoms with Crippen LogP contribution in [-0.2, 0) is 15.7 Å². The highest BCUT2D eigenvalue weighted by Gasteiger charge is 2.50. The second kappa shape index (κ2) is 10.9. The fourth-order valence-electron chi connectivity index (χ4n) is 4.81. The SMILES string of the molecule is CC(C)(C)OC(=O)N1CCC(Oc2ccc(N3C(=S)N(c4ccc(C#N)c(C(F)(F)F)c4)C(=O)C3(C)C)cc2)CC1. The minimum Gasteiger partial charge on any atom is -0.490 e. The highest BCUT2D eigenvalue weighted by atomic mass is 32.1. The fourth-order valence-corrected chi connectivity index (χ4v) is 5.33. The van der Waals surface area contributed by atoms with Crippen molar-refractivity contribution in [2.75, 3.05) is 22.9 Å². The Hall–Kier alpha value is -3.85. The maximum atomic E-state index is 13.6. The van der Waals surface area contributed by atoms with Crippen molar-refractivity contribution in [2.45, 2.75) is 70.9 Å². The Morgan fingerprint density at radius 1 is 1.05 bits per heavy atom. The average molecular weight is 589 g/mol. The van der Waals surface area contributed by atoms with Gasteiger partial charge in [-0.1, -0.05) is 0 Å². The van der Waals surface area contributed by atoms with E-state index in [1.54, 1.807) is 54.0 Å². The maximum Gasteiger partial charge on any atom is 0.417 e. The van der Waals surface area contributed by atoms with Gasteiger partial charge in [-0.3, -0.25) is 9.69 Å². The van der Waals surface area contributed by atoms with Gasteiger partial charge < -0.3 is 19.3 Å². The van der Waals surface area contributed by atoms with Crippen LogP contribution in [0.3, 0.4) is 0 Å². The predicted octanol–water partition coefficient (Wildman–Crippen LogP) is 6.27. The Bertz CT molecular complexity index is 1390. The van der Waals surface area contributed by atoms with Crippen LogP contribution in [0.25, 0.3) is 0 Å². The number of hydrogen-bond acceptors (Lipinski definition) is 6. The van der Waals surface area contributed by atoms with Gasteiger partial charge in [0.25, 0.3) is 5.91 Å². The first kappa shape index (κ1) is 30.1. The summed E-state index contributed by atoms with van der Waals surface area (Å²) in [5, 5.41) is 9.13. The number of hydrogen-bond donors (Lipinski definition) is 0. The highest BCUT2D eigenvalue weighted by molar-refractivity contribution is 7.81. The normalized spacial score (nSPS) is 18.0. The number of rotatable bonds is 4. The molecule has 2 aliphatic rings. The molecule has 0 saturated carbocycles. The molecule has 2 aromatic carbocycles. The van der Waals surface area contributed by atoms with E-state index in [1.165, 1.54) is 6.07 Å². The minimum absolute atomic E-state index is 0.0148. The van der Waals surface area contributed by atoms with Crippen LogP contribution in [0.2, 0.25) is 0 Å². The molecule has 0 unspecified atom stereocenters. The maximum absolute atomic E-state index is 13.6. The first-order valence-corrected chi connectivity index (χ1v) is 13.5. The van der Waals surface area contributed by atoms with Crippen molar-refractivity contribution >= 4 is 40.7 Å². The van der Waals surface area contributed by atoms with Crippen molar-refractivity contribution in [1.29, 1.82) is 5.26 Å². The number of amides is 2. The van der Waals surface area contributed by atoms with E-state index >= 15 is 0 Å². The molecule has 0 atom stereocenters. The lowest BCUT2D eigenvalue weighted by atomic mass is 10.0. The Morgan fingerprint density at radius 2 is 1.63 bits per heavy atom. The second-order valence-electron chi connectivity index (χ2n) is 11.4. The van der Waals surface area contributed by atoms with Gasteiger partial charge in [0.2, 0.25) is 0 Å². The summed E-state index contributed by atoms with van der Waals surface area (Å²) in [6.45, 7) is 9.77. The zero-order valence-electron chi connectivity index (χ0n) is 23.4. The average Bonchev–Trinajstić information content (AvgIpc) is 3.06. The minimum atomic E-state index is -4.77. The number of piperidine rings is 1. The third-order valence-electron chi connectivity index (χ3n) is 6.85. The van der Waals surface area contributed by atoms with E-state index in [4.69, 9.17) is 27.0 Å². The van der Waals surface area contributed by atoms with Gasteiger partial charge in [0, 0.05) is 31.6 Å². The number of ether oxygens (including phenoxy) is 2. The number of thiocarbonyl (C=S) groups is 1. The molecular formula is C29H31F3N4O4S. The Morgan fingerprint density at radius 3 is 2.17 bits per heavy atom. The van der Waals surface area contributed by atoms with Crippen molar-refractivity contribution in [1.82, 2.24) is 4.90 Å². The molecule has 0 aromatic heterocycles. The lowest BCUT2D eigenvalue weighted by Crippen LogP contribution is -2.44. The van der Waals surface area contributed by atoms with Crippen LogP contribution < -0.4 is 14.5 Å². The van der Waals surface area contributed by atoms with E-state index in [2.05, 4.69) is 0 Å². The van der Waals surface area contributed by atoms with E-state index in [0.717, 1.165) is 17.0 Å². The first-order chi connectivity index (χ1) is 19.0. The Labute approximate surface area is 242 Å². The van der Waals surface area contributed by atoms with Crippen molar-refractivity contribution < 1.29 is 32.2 Å². The number of alkyl halides is 3. The fraction of sp³-hybridized carbons (Fsp3) is 0.448. The summed E-state index contributed by atoms with van der Waals surface area (Å²) in [4.78, 5) is 30.0. The van der Waals surface area contributed by atoms with Crippen LogP contribution >= 0.6 is 12.2 Å². The molecule has 0 aliphatic carbocycles. The number of nitriles is 1. The molecule has 2 aromatic rings. The van der Waals surface area contributed by atoms with Gasteiger partial charge in [0.1, 0.15) is 23.0 Å². The van der Waals surface area contributed by atoms with E-state index < -0.39 is 34.4 Å². The third-order valence-corrected chi connectivity index (χ3v) is 7.21. The molecule has 12 heteroatoms. The number of carbonyl (C=O) groups is 2. The first-order valence-electron chi connectivity index (χ1n) is 13.1. The molecule has 8 nitrogen and oxygen atoms in total. The van der Waals surface area contributed by atoms with E-state index in [9.17, 15) is 22.8 Å². The number of anilines is 2. The van der Waals surface area contributed by atoms with E-state index in [0.29, 0.717) is 37.4 Å². The Kier molecular flexibility index (Phi) is 7.97. The number of likely N-dealkylation sites (tertiary alicyclic amines) is 1. The summed E-state index contributed by atoms with van der Waals surface area (Å²) in [6.07, 6.45) is -3.94. The summed E-state index contributed by atoms with van der Waals surface area (Å²) in [5.41, 5.74) is -2.94. The van der Waals surface area contributed by atoms with Gasteiger partial charge in [0.05, 0.1) is 22.9 Å². The van der Waals surface area contributed by atoms with Crippen LogP contribution in [0.5, 0.6) is 5.75 Å². The molecular weight excluding hydrogens is 557 g/mol. The van der Waals surface area contributed by atoms with Gasteiger partial charge in [0.15, 0.2) is 5.11 Å². The van der Waals surface area contributed by atoms with Crippen LogP contribution in [0.1, 0.15) is 58.6 Å². The molecule has 2 heterocycles. The van der Waals surface area contributed by atoms with Gasteiger partial charge in [-0.25, -0.2) is 4.79 Å². The quantitative estimate of drug-likeness (QED) is 0.389. The van der Waals surface area contributed by atoms with Crippen molar-refractivity contribution in [3.8, 4) is 11.8 Å². The predicted molar refractivity (Wildman–Crippen MR) is 151 cm³/mol. The molecule has 0 radical (unpaired) electrons. The molecule has 0 bridgehead atoms. The molecule has 2 amide bonds. The standard InChI is InChI=1S/C29H31F3N4O4S/c1-27(2,3)40-26(38)34-14-12-22(13-15-34)39-21-10-8-19(9-11-21)36-25(41)35(24(37)28(36,4)5)20-7-6-18(17-33)23(16-20)29(30,31)32/h6-11,16,22H,12-15H2,1-5H3. The van der Waals surface area contributed by atoms with Crippen molar-refractivity contribution in [2.24, 2.45) is 0 Å². The summed E-state index contributed by atoms with van der Waals surface area (Å²) in [5.74, 6) is 0.0925.